The van der Waals surface area contributed by atoms with Gasteiger partial charge in [-0.05, 0) is 32.0 Å². The van der Waals surface area contributed by atoms with Crippen LogP contribution in [0.2, 0.25) is 10.0 Å². The smallest absolute Gasteiger partial charge is 0.253 e. The highest BCUT2D eigenvalue weighted by Crippen LogP contribution is 2.20. The lowest BCUT2D eigenvalue weighted by atomic mass is 10.2. The number of aryl methyl sites for hydroxylation is 1. The third-order valence-electron chi connectivity index (χ3n) is 3.04. The van der Waals surface area contributed by atoms with Crippen LogP contribution < -0.4 is 10.6 Å². The summed E-state index contributed by atoms with van der Waals surface area (Å²) in [5.74, 6) is -0.736. The predicted molar refractivity (Wildman–Crippen MR) is 92.2 cm³/mol. The molecule has 0 bridgehead atoms. The van der Waals surface area contributed by atoms with Crippen molar-refractivity contribution in [3.63, 3.8) is 0 Å². The van der Waals surface area contributed by atoms with Crippen LogP contribution in [0.4, 0.5) is 0 Å². The summed E-state index contributed by atoms with van der Waals surface area (Å²) < 4.78 is 0. The first-order valence-electron chi connectivity index (χ1n) is 6.81. The van der Waals surface area contributed by atoms with Gasteiger partial charge in [-0.1, -0.05) is 23.2 Å². The molecule has 1 heterocycles. The molecule has 0 saturated carbocycles. The van der Waals surface area contributed by atoms with Crippen molar-refractivity contribution in [2.24, 2.45) is 0 Å². The molecule has 5 nitrogen and oxygen atoms in total. The molecule has 0 radical (unpaired) electrons. The van der Waals surface area contributed by atoms with Gasteiger partial charge >= 0.3 is 0 Å². The number of nitrogens with zero attached hydrogens (tertiary/aromatic N) is 1. The van der Waals surface area contributed by atoms with Crippen LogP contribution in [0.25, 0.3) is 0 Å². The largest absolute Gasteiger partial charge is 0.346 e. The highest BCUT2D eigenvalue weighted by atomic mass is 35.5. The Morgan fingerprint density at radius 3 is 2.70 bits per heavy atom. The van der Waals surface area contributed by atoms with Crippen molar-refractivity contribution in [3.8, 4) is 0 Å². The zero-order valence-electron chi connectivity index (χ0n) is 12.5. The fourth-order valence-electron chi connectivity index (χ4n) is 1.87. The highest BCUT2D eigenvalue weighted by molar-refractivity contribution is 7.09. The molecule has 1 atom stereocenters. The lowest BCUT2D eigenvalue weighted by Crippen LogP contribution is -2.38. The topological polar surface area (TPSA) is 71.1 Å². The molecule has 0 spiro atoms. The van der Waals surface area contributed by atoms with E-state index in [1.165, 1.54) is 23.5 Å². The van der Waals surface area contributed by atoms with E-state index in [2.05, 4.69) is 15.6 Å². The number of carbonyl (C=O) groups excluding carboxylic acids is 2. The first-order valence-corrected chi connectivity index (χ1v) is 8.45. The Hall–Kier alpha value is -1.63. The van der Waals surface area contributed by atoms with Crippen molar-refractivity contribution in [1.29, 1.82) is 0 Å². The summed E-state index contributed by atoms with van der Waals surface area (Å²) in [6.45, 7) is 3.59. The number of thiazole rings is 1. The van der Waals surface area contributed by atoms with Gasteiger partial charge in [0, 0.05) is 10.4 Å². The molecule has 0 saturated heterocycles. The Bertz CT molecular complexity index is 733. The number of nitrogens with one attached hydrogen (secondary N) is 2. The van der Waals surface area contributed by atoms with Gasteiger partial charge in [0.15, 0.2) is 0 Å². The van der Waals surface area contributed by atoms with E-state index in [1.807, 2.05) is 19.2 Å². The second-order valence-electron chi connectivity index (χ2n) is 4.89. The van der Waals surface area contributed by atoms with Crippen LogP contribution in [-0.2, 0) is 4.79 Å². The van der Waals surface area contributed by atoms with Gasteiger partial charge in [-0.2, -0.15) is 0 Å². The maximum atomic E-state index is 12.0. The maximum absolute atomic E-state index is 12.0. The molecule has 23 heavy (non-hydrogen) atoms. The van der Waals surface area contributed by atoms with E-state index in [0.29, 0.717) is 5.02 Å². The predicted octanol–water partition coefficient (Wildman–Crippen LogP) is 3.37. The van der Waals surface area contributed by atoms with Crippen LogP contribution in [0, 0.1) is 6.92 Å². The number of hydrogen-bond acceptors (Lipinski definition) is 4. The molecule has 2 amide bonds. The van der Waals surface area contributed by atoms with E-state index in [0.717, 1.165) is 10.7 Å². The van der Waals surface area contributed by atoms with Gasteiger partial charge in [-0.3, -0.25) is 9.59 Å². The van der Waals surface area contributed by atoms with Crippen molar-refractivity contribution in [1.82, 2.24) is 15.6 Å². The summed E-state index contributed by atoms with van der Waals surface area (Å²) >= 11 is 13.3. The number of benzene rings is 1. The zero-order valence-corrected chi connectivity index (χ0v) is 14.9. The number of amides is 2. The molecule has 0 aliphatic heterocycles. The van der Waals surface area contributed by atoms with Gasteiger partial charge in [0.1, 0.15) is 0 Å². The normalized spacial score (nSPS) is 11.8. The number of rotatable bonds is 5. The molecule has 0 fully saturated rings. The van der Waals surface area contributed by atoms with Crippen LogP contribution in [0.5, 0.6) is 0 Å². The van der Waals surface area contributed by atoms with Crippen LogP contribution >= 0.6 is 34.5 Å². The van der Waals surface area contributed by atoms with E-state index < -0.39 is 5.91 Å². The Labute approximate surface area is 148 Å². The van der Waals surface area contributed by atoms with E-state index in [1.54, 1.807) is 6.07 Å². The third kappa shape index (κ3) is 4.92. The summed E-state index contributed by atoms with van der Waals surface area (Å²) in [6.07, 6.45) is 0. The molecule has 1 aromatic carbocycles. The Kier molecular flexibility index (Phi) is 5.98. The average Bonchev–Trinajstić information content (AvgIpc) is 2.91. The Morgan fingerprint density at radius 2 is 2.09 bits per heavy atom. The quantitative estimate of drug-likeness (QED) is 0.846. The third-order valence-corrected chi connectivity index (χ3v) is 4.38. The monoisotopic (exact) mass is 371 g/mol. The average molecular weight is 372 g/mol. The van der Waals surface area contributed by atoms with E-state index in [4.69, 9.17) is 23.2 Å². The molecular formula is C15H15Cl2N3O2S. The van der Waals surface area contributed by atoms with E-state index in [-0.39, 0.29) is 29.1 Å². The molecule has 0 aliphatic carbocycles. The summed E-state index contributed by atoms with van der Waals surface area (Å²) in [4.78, 5) is 28.2. The van der Waals surface area contributed by atoms with Gasteiger partial charge in [-0.15, -0.1) is 11.3 Å². The molecule has 1 unspecified atom stereocenters. The fourth-order valence-corrected chi connectivity index (χ4v) is 3.08. The van der Waals surface area contributed by atoms with Gasteiger partial charge in [0.2, 0.25) is 5.91 Å². The van der Waals surface area contributed by atoms with Crippen LogP contribution in [0.1, 0.15) is 34.0 Å². The molecule has 2 N–H and O–H groups in total. The molecule has 0 aliphatic rings. The van der Waals surface area contributed by atoms with Crippen molar-refractivity contribution in [3.05, 3.63) is 49.9 Å². The van der Waals surface area contributed by atoms with E-state index >= 15 is 0 Å². The van der Waals surface area contributed by atoms with Crippen LogP contribution in [0.15, 0.2) is 23.6 Å². The van der Waals surface area contributed by atoms with Gasteiger partial charge in [0.05, 0.1) is 33.9 Å². The fraction of sp³-hybridized carbons (Fsp3) is 0.267. The van der Waals surface area contributed by atoms with Crippen molar-refractivity contribution < 1.29 is 9.59 Å². The molecular weight excluding hydrogens is 357 g/mol. The second-order valence-corrected chi connectivity index (χ2v) is 6.79. The minimum atomic E-state index is -0.432. The van der Waals surface area contributed by atoms with Gasteiger partial charge < -0.3 is 10.6 Å². The zero-order chi connectivity index (χ0) is 17.0. The van der Waals surface area contributed by atoms with Crippen LogP contribution in [-0.4, -0.2) is 23.3 Å². The standard InChI is InChI=1S/C15H15Cl2N3O2S/c1-8(13-7-23-9(2)20-13)19-14(21)6-18-15(22)11-4-3-10(16)5-12(11)17/h3-5,7-8H,6H2,1-2H3,(H,18,22)(H,19,21). The second kappa shape index (κ2) is 7.77. The molecule has 122 valence electrons. The lowest BCUT2D eigenvalue weighted by Gasteiger charge is -2.12. The van der Waals surface area contributed by atoms with Crippen LogP contribution in [0.3, 0.4) is 0 Å². The number of halogens is 2. The number of carbonyl (C=O) groups is 2. The molecule has 8 heteroatoms. The minimum absolute atomic E-state index is 0.148. The number of hydrogen-bond donors (Lipinski definition) is 2. The SMILES string of the molecule is Cc1nc(C(C)NC(=O)CNC(=O)c2ccc(Cl)cc2Cl)cs1. The summed E-state index contributed by atoms with van der Waals surface area (Å²) in [5.41, 5.74) is 1.07. The van der Waals surface area contributed by atoms with Gasteiger partial charge in [0.25, 0.3) is 5.91 Å². The van der Waals surface area contributed by atoms with Crippen molar-refractivity contribution >= 4 is 46.4 Å². The summed E-state index contributed by atoms with van der Waals surface area (Å²) in [7, 11) is 0. The summed E-state index contributed by atoms with van der Waals surface area (Å²) in [5, 5.41) is 8.81. The summed E-state index contributed by atoms with van der Waals surface area (Å²) in [6, 6.07) is 4.33. The Balaban J connectivity index is 1.87. The first kappa shape index (κ1) is 17.7. The number of aromatic nitrogens is 1. The lowest BCUT2D eigenvalue weighted by molar-refractivity contribution is -0.120. The molecule has 2 aromatic rings. The minimum Gasteiger partial charge on any atom is -0.346 e. The van der Waals surface area contributed by atoms with E-state index in [9.17, 15) is 9.59 Å². The van der Waals surface area contributed by atoms with Crippen molar-refractivity contribution in [2.45, 2.75) is 19.9 Å². The van der Waals surface area contributed by atoms with Gasteiger partial charge in [-0.25, -0.2) is 4.98 Å². The van der Waals surface area contributed by atoms with Crippen molar-refractivity contribution in [2.75, 3.05) is 6.54 Å². The molecule has 2 rings (SSSR count). The first-order chi connectivity index (χ1) is 10.9. The Morgan fingerprint density at radius 1 is 1.35 bits per heavy atom. The highest BCUT2D eigenvalue weighted by Gasteiger charge is 2.15. The maximum Gasteiger partial charge on any atom is 0.253 e. The molecule has 1 aromatic heterocycles.